The van der Waals surface area contributed by atoms with Gasteiger partial charge in [-0.15, -0.1) is 0 Å². The number of benzene rings is 1. The molecule has 102 valence electrons. The van der Waals surface area contributed by atoms with Gasteiger partial charge in [-0.25, -0.2) is 9.97 Å². The van der Waals surface area contributed by atoms with Gasteiger partial charge in [0.1, 0.15) is 17.3 Å². The summed E-state index contributed by atoms with van der Waals surface area (Å²) in [6.45, 7) is 4.26. The highest BCUT2D eigenvalue weighted by Gasteiger charge is 2.13. The number of fused-ring (bicyclic) bond motifs is 1. The molecule has 0 aliphatic heterocycles. The first-order valence-corrected chi connectivity index (χ1v) is 7.23. The highest BCUT2D eigenvalue weighted by molar-refractivity contribution is 6.30. The Kier molecular flexibility index (Phi) is 3.45. The second kappa shape index (κ2) is 5.25. The summed E-state index contributed by atoms with van der Waals surface area (Å²) in [5, 5.41) is 2.69. The normalized spacial score (nSPS) is 11.2. The van der Waals surface area contributed by atoms with Crippen LogP contribution in [0.5, 0.6) is 0 Å². The van der Waals surface area contributed by atoms with Crippen LogP contribution in [0.15, 0.2) is 36.7 Å². The minimum Gasteiger partial charge on any atom is -0.287 e. The summed E-state index contributed by atoms with van der Waals surface area (Å²) >= 11 is 6.17. The maximum absolute atomic E-state index is 6.17. The first-order chi connectivity index (χ1) is 9.74. The molecule has 3 aromatic rings. The van der Waals surface area contributed by atoms with Crippen molar-refractivity contribution in [2.45, 2.75) is 26.7 Å². The first-order valence-electron chi connectivity index (χ1n) is 6.85. The van der Waals surface area contributed by atoms with Gasteiger partial charge >= 0.3 is 0 Å². The van der Waals surface area contributed by atoms with Crippen LogP contribution in [-0.4, -0.2) is 14.5 Å². The molecule has 0 radical (unpaired) electrons. The summed E-state index contributed by atoms with van der Waals surface area (Å²) in [6.07, 6.45) is 3.70. The molecule has 20 heavy (non-hydrogen) atoms. The van der Waals surface area contributed by atoms with Gasteiger partial charge in [0.05, 0.1) is 5.69 Å². The summed E-state index contributed by atoms with van der Waals surface area (Å²) in [6, 6.07) is 10.0. The summed E-state index contributed by atoms with van der Waals surface area (Å²) in [4.78, 5) is 9.01. The average Bonchev–Trinajstić information content (AvgIpc) is 2.88. The van der Waals surface area contributed by atoms with Gasteiger partial charge in [0.15, 0.2) is 0 Å². The van der Waals surface area contributed by atoms with Gasteiger partial charge in [-0.1, -0.05) is 49.7 Å². The molecule has 0 N–H and O–H groups in total. The van der Waals surface area contributed by atoms with E-state index in [0.717, 1.165) is 35.1 Å². The Morgan fingerprint density at radius 1 is 1.15 bits per heavy atom. The Morgan fingerprint density at radius 2 is 1.95 bits per heavy atom. The quantitative estimate of drug-likeness (QED) is 0.675. The van der Waals surface area contributed by atoms with Gasteiger partial charge in [0, 0.05) is 11.1 Å². The van der Waals surface area contributed by atoms with E-state index in [2.05, 4.69) is 40.5 Å². The fourth-order valence-corrected chi connectivity index (χ4v) is 2.79. The predicted octanol–water partition coefficient (Wildman–Crippen LogP) is 4.20. The third kappa shape index (κ3) is 2.08. The topological polar surface area (TPSA) is 30.7 Å². The number of aromatic nitrogens is 3. The van der Waals surface area contributed by atoms with E-state index in [0.29, 0.717) is 5.15 Å². The maximum Gasteiger partial charge on any atom is 0.147 e. The van der Waals surface area contributed by atoms with E-state index in [9.17, 15) is 0 Å². The third-order valence-corrected chi connectivity index (χ3v) is 3.73. The predicted molar refractivity (Wildman–Crippen MR) is 82.6 cm³/mol. The number of aryl methyl sites for hydroxylation is 1. The van der Waals surface area contributed by atoms with Crippen molar-refractivity contribution >= 4 is 22.4 Å². The summed E-state index contributed by atoms with van der Waals surface area (Å²) in [5.74, 6) is 0.858. The van der Waals surface area contributed by atoms with E-state index in [1.54, 1.807) is 0 Å². The Balaban J connectivity index is 2.32. The molecule has 0 spiro atoms. The summed E-state index contributed by atoms with van der Waals surface area (Å²) in [5.41, 5.74) is 2.32. The minimum atomic E-state index is 0.507. The number of hydrogen-bond donors (Lipinski definition) is 0. The van der Waals surface area contributed by atoms with Crippen molar-refractivity contribution in [3.63, 3.8) is 0 Å². The van der Waals surface area contributed by atoms with Crippen molar-refractivity contribution in [3.05, 3.63) is 53.2 Å². The number of pyridine rings is 1. The van der Waals surface area contributed by atoms with Crippen LogP contribution >= 0.6 is 11.6 Å². The van der Waals surface area contributed by atoms with Crippen LogP contribution in [0.1, 0.15) is 25.2 Å². The molecule has 0 aliphatic rings. The highest BCUT2D eigenvalue weighted by atomic mass is 35.5. The van der Waals surface area contributed by atoms with E-state index < -0.39 is 0 Å². The molecule has 0 saturated heterocycles. The molecule has 0 atom stereocenters. The van der Waals surface area contributed by atoms with Crippen LogP contribution in [0.4, 0.5) is 0 Å². The van der Waals surface area contributed by atoms with Gasteiger partial charge in [0.2, 0.25) is 0 Å². The first kappa shape index (κ1) is 13.1. The lowest BCUT2D eigenvalue weighted by Gasteiger charge is -2.11. The van der Waals surface area contributed by atoms with E-state index in [4.69, 9.17) is 11.6 Å². The molecule has 0 amide bonds. The van der Waals surface area contributed by atoms with Crippen LogP contribution in [0.3, 0.4) is 0 Å². The van der Waals surface area contributed by atoms with Crippen LogP contribution < -0.4 is 0 Å². The Bertz CT molecular complexity index is 762. The zero-order valence-corrected chi connectivity index (χ0v) is 12.4. The zero-order chi connectivity index (χ0) is 14.1. The van der Waals surface area contributed by atoms with E-state index in [1.165, 1.54) is 5.69 Å². The molecule has 2 heterocycles. The molecule has 0 aliphatic carbocycles. The van der Waals surface area contributed by atoms with Crippen molar-refractivity contribution in [3.8, 4) is 5.82 Å². The Hall–Kier alpha value is -1.87. The number of imidazole rings is 1. The highest BCUT2D eigenvalue weighted by Crippen LogP contribution is 2.25. The standard InChI is InChI=1S/C16H16ClN3/c1-3-13-14(4-2)20(10-18-13)16-12-8-6-5-7-11(12)9-15(17)19-16/h5-10H,3-4H2,1-2H3. The van der Waals surface area contributed by atoms with Crippen LogP contribution in [0.25, 0.3) is 16.6 Å². The second-order valence-electron chi connectivity index (χ2n) is 4.70. The largest absolute Gasteiger partial charge is 0.287 e. The van der Waals surface area contributed by atoms with Crippen molar-refractivity contribution < 1.29 is 0 Å². The molecule has 3 nitrogen and oxygen atoms in total. The van der Waals surface area contributed by atoms with E-state index in [1.807, 2.05) is 24.5 Å². The van der Waals surface area contributed by atoms with E-state index >= 15 is 0 Å². The Labute approximate surface area is 123 Å². The number of hydrogen-bond acceptors (Lipinski definition) is 2. The molecular weight excluding hydrogens is 270 g/mol. The third-order valence-electron chi connectivity index (χ3n) is 3.54. The van der Waals surface area contributed by atoms with Crippen LogP contribution in [0, 0.1) is 0 Å². The minimum absolute atomic E-state index is 0.507. The van der Waals surface area contributed by atoms with Gasteiger partial charge in [-0.2, -0.15) is 0 Å². The summed E-state index contributed by atoms with van der Waals surface area (Å²) in [7, 11) is 0. The van der Waals surface area contributed by atoms with Crippen LogP contribution in [0.2, 0.25) is 5.15 Å². The zero-order valence-electron chi connectivity index (χ0n) is 11.6. The number of rotatable bonds is 3. The molecule has 0 bridgehead atoms. The van der Waals surface area contributed by atoms with Gasteiger partial charge < -0.3 is 0 Å². The van der Waals surface area contributed by atoms with Crippen molar-refractivity contribution in [1.82, 2.24) is 14.5 Å². The molecule has 0 fully saturated rings. The molecule has 0 saturated carbocycles. The number of halogens is 1. The van der Waals surface area contributed by atoms with Crippen LogP contribution in [-0.2, 0) is 12.8 Å². The molecule has 1 aromatic carbocycles. The monoisotopic (exact) mass is 285 g/mol. The van der Waals surface area contributed by atoms with Crippen molar-refractivity contribution in [2.24, 2.45) is 0 Å². The fraction of sp³-hybridized carbons (Fsp3) is 0.250. The molecular formula is C16H16ClN3. The molecule has 4 heteroatoms. The van der Waals surface area contributed by atoms with Crippen molar-refractivity contribution in [1.29, 1.82) is 0 Å². The van der Waals surface area contributed by atoms with Gasteiger partial charge in [-0.05, 0) is 24.3 Å². The van der Waals surface area contributed by atoms with Gasteiger partial charge in [0.25, 0.3) is 0 Å². The lowest BCUT2D eigenvalue weighted by atomic mass is 10.1. The smallest absolute Gasteiger partial charge is 0.147 e. The maximum atomic E-state index is 6.17. The summed E-state index contributed by atoms with van der Waals surface area (Å²) < 4.78 is 2.06. The molecule has 2 aromatic heterocycles. The molecule has 3 rings (SSSR count). The fourth-order valence-electron chi connectivity index (χ4n) is 2.60. The average molecular weight is 286 g/mol. The van der Waals surface area contributed by atoms with Crippen molar-refractivity contribution in [2.75, 3.05) is 0 Å². The lowest BCUT2D eigenvalue weighted by molar-refractivity contribution is 0.891. The number of nitrogens with zero attached hydrogens (tertiary/aromatic N) is 3. The Morgan fingerprint density at radius 3 is 2.70 bits per heavy atom. The van der Waals surface area contributed by atoms with E-state index in [-0.39, 0.29) is 0 Å². The molecule has 0 unspecified atom stereocenters. The second-order valence-corrected chi connectivity index (χ2v) is 5.09. The SMILES string of the molecule is CCc1ncn(-c2nc(Cl)cc3ccccc23)c1CC. The van der Waals surface area contributed by atoms with Gasteiger partial charge in [-0.3, -0.25) is 4.57 Å². The lowest BCUT2D eigenvalue weighted by Crippen LogP contribution is -2.03.